The third kappa shape index (κ3) is 4.61. The Kier molecular flexibility index (Phi) is 7.07. The summed E-state index contributed by atoms with van der Waals surface area (Å²) < 4.78 is 0. The van der Waals surface area contributed by atoms with E-state index in [0.29, 0.717) is 0 Å². The van der Waals surface area contributed by atoms with Crippen LogP contribution in [0.15, 0.2) is 30.3 Å². The van der Waals surface area contributed by atoms with Crippen LogP contribution in [-0.2, 0) is 5.41 Å². The Balaban J connectivity index is 0.00000288. The van der Waals surface area contributed by atoms with E-state index in [1.54, 1.807) is 0 Å². The summed E-state index contributed by atoms with van der Waals surface area (Å²) >= 11 is 0. The molecule has 24 heavy (non-hydrogen) atoms. The minimum Gasteiger partial charge on any atom is -0.289 e. The van der Waals surface area contributed by atoms with Crippen molar-refractivity contribution in [2.24, 2.45) is 0 Å². The van der Waals surface area contributed by atoms with Gasteiger partial charge >= 0.3 is 0 Å². The SMILES string of the molecule is Cc1cccc(C)c1PC(=O)c1c(C)cc(C(C)(C)C)cc1C.[Li]. The molecular weight excluding hydrogens is 306 g/mol. The Labute approximate surface area is 160 Å². The molecule has 0 aliphatic carbocycles. The average molecular weight is 333 g/mol. The maximum absolute atomic E-state index is 12.9. The summed E-state index contributed by atoms with van der Waals surface area (Å²) in [5, 5.41) is 1.19. The van der Waals surface area contributed by atoms with Gasteiger partial charge < -0.3 is 0 Å². The van der Waals surface area contributed by atoms with Gasteiger partial charge in [-0.25, -0.2) is 0 Å². The summed E-state index contributed by atoms with van der Waals surface area (Å²) in [4.78, 5) is 12.9. The molecule has 0 saturated carbocycles. The Morgan fingerprint density at radius 2 is 1.33 bits per heavy atom. The number of carbonyl (C=O) groups excluding carboxylic acids is 1. The molecule has 0 heterocycles. The molecule has 2 aromatic carbocycles. The second-order valence-corrected chi connectivity index (χ2v) is 8.66. The van der Waals surface area contributed by atoms with E-state index in [1.165, 1.54) is 22.0 Å². The summed E-state index contributed by atoms with van der Waals surface area (Å²) in [5.74, 6) is 0. The predicted octanol–water partition coefficient (Wildman–Crippen LogP) is 4.98. The van der Waals surface area contributed by atoms with Crippen molar-refractivity contribution in [2.45, 2.75) is 53.9 Å². The van der Waals surface area contributed by atoms with E-state index in [-0.39, 0.29) is 38.4 Å². The van der Waals surface area contributed by atoms with Crippen LogP contribution in [0.4, 0.5) is 0 Å². The van der Waals surface area contributed by atoms with Gasteiger partial charge in [-0.15, -0.1) is 0 Å². The van der Waals surface area contributed by atoms with Gasteiger partial charge in [0.15, 0.2) is 5.52 Å². The topological polar surface area (TPSA) is 17.1 Å². The van der Waals surface area contributed by atoms with Gasteiger partial charge in [0.2, 0.25) is 0 Å². The first-order valence-electron chi connectivity index (χ1n) is 8.10. The van der Waals surface area contributed by atoms with Crippen molar-refractivity contribution < 1.29 is 4.79 Å². The van der Waals surface area contributed by atoms with Crippen LogP contribution in [0.2, 0.25) is 0 Å². The van der Waals surface area contributed by atoms with E-state index < -0.39 is 0 Å². The minimum absolute atomic E-state index is 0. The molecular formula is C21H27LiOP. The van der Waals surface area contributed by atoms with E-state index in [4.69, 9.17) is 0 Å². The molecule has 3 heteroatoms. The van der Waals surface area contributed by atoms with Crippen molar-refractivity contribution in [2.75, 3.05) is 0 Å². The quantitative estimate of drug-likeness (QED) is 0.572. The van der Waals surface area contributed by atoms with Gasteiger partial charge in [-0.1, -0.05) is 51.1 Å². The van der Waals surface area contributed by atoms with Gasteiger partial charge in [0.1, 0.15) is 0 Å². The minimum atomic E-state index is 0. The van der Waals surface area contributed by atoms with Gasteiger partial charge in [0, 0.05) is 24.4 Å². The van der Waals surface area contributed by atoms with Crippen molar-refractivity contribution in [1.29, 1.82) is 0 Å². The molecule has 0 aliphatic heterocycles. The molecule has 1 unspecified atom stereocenters. The van der Waals surface area contributed by atoms with Crippen LogP contribution >= 0.6 is 8.58 Å². The summed E-state index contributed by atoms with van der Waals surface area (Å²) in [6.45, 7) is 14.9. The molecule has 2 aromatic rings. The molecule has 0 aromatic heterocycles. The van der Waals surface area contributed by atoms with Crippen LogP contribution in [0.25, 0.3) is 0 Å². The summed E-state index contributed by atoms with van der Waals surface area (Å²) in [6, 6.07) is 10.6. The number of hydrogen-bond acceptors (Lipinski definition) is 1. The number of carbonyl (C=O) groups is 1. The van der Waals surface area contributed by atoms with E-state index in [2.05, 4.69) is 78.8 Å². The summed E-state index contributed by atoms with van der Waals surface area (Å²) in [5.41, 5.74) is 7.15. The molecule has 0 amide bonds. The predicted molar refractivity (Wildman–Crippen MR) is 109 cm³/mol. The van der Waals surface area contributed by atoms with E-state index in [0.717, 1.165) is 16.7 Å². The van der Waals surface area contributed by atoms with Crippen molar-refractivity contribution >= 4 is 38.3 Å². The molecule has 0 bridgehead atoms. The van der Waals surface area contributed by atoms with Gasteiger partial charge in [-0.2, -0.15) is 0 Å². The van der Waals surface area contributed by atoms with E-state index >= 15 is 0 Å². The van der Waals surface area contributed by atoms with Crippen molar-refractivity contribution in [3.8, 4) is 0 Å². The molecule has 0 saturated heterocycles. The van der Waals surface area contributed by atoms with Gasteiger partial charge in [0.25, 0.3) is 0 Å². The van der Waals surface area contributed by atoms with Crippen LogP contribution < -0.4 is 5.30 Å². The zero-order valence-corrected chi connectivity index (χ0v) is 17.3. The molecule has 1 radical (unpaired) electrons. The molecule has 2 rings (SSSR count). The second kappa shape index (κ2) is 8.01. The number of hydrogen-bond donors (Lipinski definition) is 0. The fourth-order valence-electron chi connectivity index (χ4n) is 2.94. The Morgan fingerprint density at radius 3 is 1.75 bits per heavy atom. The van der Waals surface area contributed by atoms with Crippen LogP contribution in [0, 0.1) is 27.7 Å². The van der Waals surface area contributed by atoms with Crippen molar-refractivity contribution in [3.63, 3.8) is 0 Å². The molecule has 1 atom stereocenters. The average Bonchev–Trinajstić information content (AvgIpc) is 2.41. The van der Waals surface area contributed by atoms with Crippen LogP contribution in [0.1, 0.15) is 58.9 Å². The number of benzene rings is 2. The van der Waals surface area contributed by atoms with Crippen LogP contribution in [0.5, 0.6) is 0 Å². The number of aryl methyl sites for hydroxylation is 4. The van der Waals surface area contributed by atoms with Crippen molar-refractivity contribution in [3.05, 3.63) is 63.7 Å². The molecule has 0 fully saturated rings. The zero-order valence-electron chi connectivity index (χ0n) is 16.3. The maximum atomic E-state index is 12.9. The summed E-state index contributed by atoms with van der Waals surface area (Å²) in [6.07, 6.45) is 0. The fraction of sp³-hybridized carbons (Fsp3) is 0.381. The Morgan fingerprint density at radius 1 is 0.875 bits per heavy atom. The Hall–Kier alpha value is -0.863. The zero-order chi connectivity index (χ0) is 17.4. The molecule has 0 N–H and O–H groups in total. The van der Waals surface area contributed by atoms with Crippen LogP contribution in [-0.4, -0.2) is 24.4 Å². The van der Waals surface area contributed by atoms with E-state index in [1.807, 2.05) is 0 Å². The van der Waals surface area contributed by atoms with Gasteiger partial charge in [-0.3, -0.25) is 4.79 Å². The largest absolute Gasteiger partial charge is 0.289 e. The first kappa shape index (κ1) is 21.2. The molecule has 1 nitrogen and oxygen atoms in total. The van der Waals surface area contributed by atoms with Gasteiger partial charge in [-0.05, 0) is 74.8 Å². The standard InChI is InChI=1S/C21H27OP.Li/c1-13-9-8-10-14(2)19(13)23-20(22)18-15(3)11-17(12-16(18)4)21(5,6)7;/h8-12,23H,1-7H3;. The van der Waals surface area contributed by atoms with Crippen molar-refractivity contribution in [1.82, 2.24) is 0 Å². The van der Waals surface area contributed by atoms with Gasteiger partial charge in [0.05, 0.1) is 0 Å². The smallest absolute Gasteiger partial charge is 0.186 e. The second-order valence-electron chi connectivity index (χ2n) is 7.46. The maximum Gasteiger partial charge on any atom is 0.186 e. The number of rotatable bonds is 3. The van der Waals surface area contributed by atoms with Crippen LogP contribution in [0.3, 0.4) is 0 Å². The molecule has 123 valence electrons. The Bertz CT molecular complexity index is 714. The first-order chi connectivity index (χ1) is 10.6. The fourth-order valence-corrected chi connectivity index (χ4v) is 4.25. The molecule has 0 spiro atoms. The third-order valence-corrected chi connectivity index (χ3v) is 5.86. The third-order valence-electron chi connectivity index (χ3n) is 4.35. The first-order valence-corrected chi connectivity index (χ1v) is 9.10. The monoisotopic (exact) mass is 333 g/mol. The normalized spacial score (nSPS) is 11.6. The summed E-state index contributed by atoms with van der Waals surface area (Å²) in [7, 11) is 0.191. The van der Waals surface area contributed by atoms with E-state index in [9.17, 15) is 4.79 Å². The molecule has 0 aliphatic rings.